The SMILES string of the molecule is Cc1nn(C)c(Oc2ccc(OC(F)(F)F)cc2)c1CN. The minimum atomic E-state index is -4.71. The highest BCUT2D eigenvalue weighted by molar-refractivity contribution is 5.37. The lowest BCUT2D eigenvalue weighted by Crippen LogP contribution is -2.16. The largest absolute Gasteiger partial charge is 0.573 e. The number of nitrogens with two attached hydrogens (primary N) is 1. The first-order valence-corrected chi connectivity index (χ1v) is 6.06. The molecule has 114 valence electrons. The number of hydrogen-bond donors (Lipinski definition) is 1. The van der Waals surface area contributed by atoms with Gasteiger partial charge < -0.3 is 15.2 Å². The molecule has 1 aromatic heterocycles. The zero-order chi connectivity index (χ0) is 15.6. The summed E-state index contributed by atoms with van der Waals surface area (Å²) in [6.07, 6.45) is -4.71. The number of alkyl halides is 3. The highest BCUT2D eigenvalue weighted by atomic mass is 19.4. The Morgan fingerprint density at radius 1 is 1.19 bits per heavy atom. The molecule has 0 amide bonds. The van der Waals surface area contributed by atoms with E-state index in [0.29, 0.717) is 11.6 Å². The number of rotatable bonds is 4. The summed E-state index contributed by atoms with van der Waals surface area (Å²) in [5.41, 5.74) is 7.12. The highest BCUT2D eigenvalue weighted by Crippen LogP contribution is 2.29. The van der Waals surface area contributed by atoms with E-state index in [1.165, 1.54) is 28.9 Å². The molecule has 0 saturated carbocycles. The second kappa shape index (κ2) is 5.65. The predicted molar refractivity (Wildman–Crippen MR) is 69.0 cm³/mol. The van der Waals surface area contributed by atoms with E-state index in [4.69, 9.17) is 10.5 Å². The number of benzene rings is 1. The molecule has 0 radical (unpaired) electrons. The van der Waals surface area contributed by atoms with E-state index in [2.05, 4.69) is 9.84 Å². The number of hydrogen-bond acceptors (Lipinski definition) is 4. The molecule has 2 N–H and O–H groups in total. The molecule has 0 unspecified atom stereocenters. The molecule has 8 heteroatoms. The van der Waals surface area contributed by atoms with Gasteiger partial charge in [-0.1, -0.05) is 0 Å². The Labute approximate surface area is 119 Å². The van der Waals surface area contributed by atoms with E-state index in [0.717, 1.165) is 11.3 Å². The van der Waals surface area contributed by atoms with Crippen LogP contribution in [0.25, 0.3) is 0 Å². The van der Waals surface area contributed by atoms with Gasteiger partial charge >= 0.3 is 6.36 Å². The van der Waals surface area contributed by atoms with E-state index in [1.807, 2.05) is 0 Å². The van der Waals surface area contributed by atoms with Crippen LogP contribution in [0.1, 0.15) is 11.3 Å². The lowest BCUT2D eigenvalue weighted by Gasteiger charge is -2.10. The summed E-state index contributed by atoms with van der Waals surface area (Å²) < 4.78 is 47.1. The Morgan fingerprint density at radius 3 is 2.29 bits per heavy atom. The minimum absolute atomic E-state index is 0.254. The third-order valence-electron chi connectivity index (χ3n) is 2.76. The predicted octanol–water partition coefficient (Wildman–Crippen LogP) is 2.88. The standard InChI is InChI=1S/C13H14F3N3O2/c1-8-11(7-17)12(19(2)18-8)20-9-3-5-10(6-4-9)21-13(14,15)16/h3-6H,7,17H2,1-2H3. The van der Waals surface area contributed by atoms with Gasteiger partial charge in [-0.2, -0.15) is 5.10 Å². The van der Waals surface area contributed by atoms with Gasteiger partial charge in [-0.3, -0.25) is 0 Å². The Kier molecular flexibility index (Phi) is 4.08. The number of aryl methyl sites for hydroxylation is 2. The molecule has 0 fully saturated rings. The number of nitrogens with zero attached hydrogens (tertiary/aromatic N) is 2. The van der Waals surface area contributed by atoms with Gasteiger partial charge in [-0.05, 0) is 31.2 Å². The van der Waals surface area contributed by atoms with Crippen LogP contribution in [-0.2, 0) is 13.6 Å². The summed E-state index contributed by atoms with van der Waals surface area (Å²) in [7, 11) is 1.70. The fourth-order valence-corrected chi connectivity index (χ4v) is 1.86. The number of aromatic nitrogens is 2. The zero-order valence-corrected chi connectivity index (χ0v) is 11.4. The van der Waals surface area contributed by atoms with Crippen molar-refractivity contribution in [3.05, 3.63) is 35.5 Å². The van der Waals surface area contributed by atoms with Crippen molar-refractivity contribution in [2.45, 2.75) is 19.8 Å². The van der Waals surface area contributed by atoms with E-state index in [1.54, 1.807) is 14.0 Å². The van der Waals surface area contributed by atoms with Gasteiger partial charge in [-0.15, -0.1) is 13.2 Å². The van der Waals surface area contributed by atoms with Gasteiger partial charge in [0, 0.05) is 13.6 Å². The summed E-state index contributed by atoms with van der Waals surface area (Å²) >= 11 is 0. The van der Waals surface area contributed by atoms with Crippen LogP contribution in [0.3, 0.4) is 0 Å². The number of ether oxygens (including phenoxy) is 2. The van der Waals surface area contributed by atoms with E-state index >= 15 is 0 Å². The van der Waals surface area contributed by atoms with Crippen LogP contribution in [0.15, 0.2) is 24.3 Å². The van der Waals surface area contributed by atoms with Crippen molar-refractivity contribution in [1.82, 2.24) is 9.78 Å². The average molecular weight is 301 g/mol. The van der Waals surface area contributed by atoms with Crippen LogP contribution < -0.4 is 15.2 Å². The Morgan fingerprint density at radius 2 is 1.76 bits per heavy atom. The smallest absolute Gasteiger partial charge is 0.439 e. The molecule has 2 rings (SSSR count). The summed E-state index contributed by atoms with van der Waals surface area (Å²) in [4.78, 5) is 0. The lowest BCUT2D eigenvalue weighted by molar-refractivity contribution is -0.274. The Bertz CT molecular complexity index is 621. The molecule has 0 bridgehead atoms. The van der Waals surface area contributed by atoms with Crippen molar-refractivity contribution in [1.29, 1.82) is 0 Å². The first kappa shape index (κ1) is 15.2. The van der Waals surface area contributed by atoms with Crippen LogP contribution in [0, 0.1) is 6.92 Å². The quantitative estimate of drug-likeness (QED) is 0.943. The summed E-state index contributed by atoms with van der Waals surface area (Å²) in [6, 6.07) is 5.11. The van der Waals surface area contributed by atoms with Crippen molar-refractivity contribution in [2.24, 2.45) is 12.8 Å². The molecule has 2 aromatic rings. The maximum absolute atomic E-state index is 12.1. The van der Waals surface area contributed by atoms with Crippen LogP contribution in [0.5, 0.6) is 17.4 Å². The molecule has 0 atom stereocenters. The molecule has 0 aliphatic rings. The maximum atomic E-state index is 12.1. The normalized spacial score (nSPS) is 11.5. The first-order valence-electron chi connectivity index (χ1n) is 6.06. The summed E-state index contributed by atoms with van der Waals surface area (Å²) in [5.74, 6) is 0.511. The van der Waals surface area contributed by atoms with Crippen LogP contribution in [0.4, 0.5) is 13.2 Å². The third kappa shape index (κ3) is 3.66. The molecular formula is C13H14F3N3O2. The van der Waals surface area contributed by atoms with Crippen molar-refractivity contribution < 1.29 is 22.6 Å². The second-order valence-corrected chi connectivity index (χ2v) is 4.32. The van der Waals surface area contributed by atoms with Crippen molar-refractivity contribution in [3.8, 4) is 17.4 Å². The molecule has 5 nitrogen and oxygen atoms in total. The lowest BCUT2D eigenvalue weighted by atomic mass is 10.2. The van der Waals surface area contributed by atoms with Crippen molar-refractivity contribution in [3.63, 3.8) is 0 Å². The first-order chi connectivity index (χ1) is 9.80. The molecule has 1 heterocycles. The molecule has 0 saturated heterocycles. The fraction of sp³-hybridized carbons (Fsp3) is 0.308. The third-order valence-corrected chi connectivity index (χ3v) is 2.76. The monoisotopic (exact) mass is 301 g/mol. The van der Waals surface area contributed by atoms with Gasteiger partial charge in [0.05, 0.1) is 11.3 Å². The molecule has 21 heavy (non-hydrogen) atoms. The van der Waals surface area contributed by atoms with Gasteiger partial charge in [0.15, 0.2) is 0 Å². The molecule has 0 aliphatic heterocycles. The molecular weight excluding hydrogens is 287 g/mol. The zero-order valence-electron chi connectivity index (χ0n) is 11.4. The summed E-state index contributed by atoms with van der Waals surface area (Å²) in [5, 5.41) is 4.18. The van der Waals surface area contributed by atoms with Crippen LogP contribution >= 0.6 is 0 Å². The molecule has 0 aliphatic carbocycles. The van der Waals surface area contributed by atoms with Crippen molar-refractivity contribution in [2.75, 3.05) is 0 Å². The topological polar surface area (TPSA) is 62.3 Å². The average Bonchev–Trinajstić information content (AvgIpc) is 2.64. The Balaban J connectivity index is 2.18. The highest BCUT2D eigenvalue weighted by Gasteiger charge is 2.31. The van der Waals surface area contributed by atoms with E-state index < -0.39 is 6.36 Å². The van der Waals surface area contributed by atoms with E-state index in [-0.39, 0.29) is 12.3 Å². The van der Waals surface area contributed by atoms with Crippen LogP contribution in [0.2, 0.25) is 0 Å². The van der Waals surface area contributed by atoms with Gasteiger partial charge in [0.25, 0.3) is 0 Å². The maximum Gasteiger partial charge on any atom is 0.573 e. The summed E-state index contributed by atoms with van der Waals surface area (Å²) in [6.45, 7) is 2.06. The molecule has 1 aromatic carbocycles. The molecule has 0 spiro atoms. The van der Waals surface area contributed by atoms with Crippen molar-refractivity contribution >= 4 is 0 Å². The van der Waals surface area contributed by atoms with Crippen LogP contribution in [-0.4, -0.2) is 16.1 Å². The fourth-order valence-electron chi connectivity index (χ4n) is 1.86. The van der Waals surface area contributed by atoms with Gasteiger partial charge in [0.2, 0.25) is 5.88 Å². The van der Waals surface area contributed by atoms with Gasteiger partial charge in [-0.25, -0.2) is 4.68 Å². The minimum Gasteiger partial charge on any atom is -0.439 e. The van der Waals surface area contributed by atoms with E-state index in [9.17, 15) is 13.2 Å². The second-order valence-electron chi connectivity index (χ2n) is 4.32. The Hall–Kier alpha value is -2.22. The van der Waals surface area contributed by atoms with Gasteiger partial charge in [0.1, 0.15) is 11.5 Å². The number of halogens is 3.